The Kier molecular flexibility index (Phi) is 9.58. The molecule has 2 rings (SSSR count). The van der Waals surface area contributed by atoms with Crippen LogP contribution in [-0.2, 0) is 15.8 Å². The van der Waals surface area contributed by atoms with Gasteiger partial charge in [0.1, 0.15) is 18.1 Å². The summed E-state index contributed by atoms with van der Waals surface area (Å²) in [5.41, 5.74) is 0.272. The maximum absolute atomic E-state index is 12.5. The van der Waals surface area contributed by atoms with Crippen LogP contribution in [0.3, 0.4) is 0 Å². The van der Waals surface area contributed by atoms with E-state index in [4.69, 9.17) is 19.1 Å². The fourth-order valence-electron chi connectivity index (χ4n) is 2.11. The van der Waals surface area contributed by atoms with Gasteiger partial charge in [-0.15, -0.1) is 11.8 Å². The minimum atomic E-state index is -4.37. The van der Waals surface area contributed by atoms with Gasteiger partial charge in [-0.05, 0) is 55.0 Å². The van der Waals surface area contributed by atoms with Crippen molar-refractivity contribution in [2.24, 2.45) is 0 Å². The van der Waals surface area contributed by atoms with Gasteiger partial charge in [-0.1, -0.05) is 0 Å². The largest absolute Gasteiger partial charge is 0.496 e. The first-order valence-electron chi connectivity index (χ1n) is 7.96. The van der Waals surface area contributed by atoms with Crippen LogP contribution in [-0.4, -0.2) is 36.8 Å². The normalized spacial score (nSPS) is 11.6. The highest BCUT2D eigenvalue weighted by Crippen LogP contribution is 2.30. The molecule has 0 heterocycles. The fourth-order valence-corrected chi connectivity index (χ4v) is 3.02. The molecular formula is C19H19F3O5S. The molecular weight excluding hydrogens is 397 g/mol. The van der Waals surface area contributed by atoms with Gasteiger partial charge in [0.25, 0.3) is 0 Å². The molecule has 0 aromatic heterocycles. The van der Waals surface area contributed by atoms with E-state index in [9.17, 15) is 18.3 Å². The molecule has 0 radical (unpaired) electrons. The zero-order valence-electron chi connectivity index (χ0n) is 15.2. The first-order valence-corrected chi connectivity index (χ1v) is 8.94. The number of halogens is 3. The van der Waals surface area contributed by atoms with Crippen molar-refractivity contribution in [1.29, 1.82) is 0 Å². The second-order valence-electron chi connectivity index (χ2n) is 5.51. The number of hydrogen-bond acceptors (Lipinski definition) is 6. The van der Waals surface area contributed by atoms with Crippen molar-refractivity contribution in [1.82, 2.24) is 0 Å². The van der Waals surface area contributed by atoms with Crippen molar-refractivity contribution < 1.29 is 37.3 Å². The van der Waals surface area contributed by atoms with Crippen molar-refractivity contribution in [2.75, 3.05) is 19.5 Å². The molecule has 0 aliphatic heterocycles. The Morgan fingerprint density at radius 3 is 2.25 bits per heavy atom. The summed E-state index contributed by atoms with van der Waals surface area (Å²) < 4.78 is 48.0. The zero-order chi connectivity index (χ0) is 21.2. The number of aryl methyl sites for hydroxylation is 1. The van der Waals surface area contributed by atoms with Crippen LogP contribution in [0.1, 0.15) is 11.1 Å². The number of ether oxygens (including phenoxy) is 2. The summed E-state index contributed by atoms with van der Waals surface area (Å²) >= 11 is 1.47. The van der Waals surface area contributed by atoms with Gasteiger partial charge in [0.15, 0.2) is 0 Å². The lowest BCUT2D eigenvalue weighted by Gasteiger charge is -2.13. The van der Waals surface area contributed by atoms with E-state index in [0.29, 0.717) is 5.75 Å². The molecule has 2 aromatic carbocycles. The van der Waals surface area contributed by atoms with E-state index >= 15 is 0 Å². The van der Waals surface area contributed by atoms with Gasteiger partial charge in [0, 0.05) is 10.6 Å². The summed E-state index contributed by atoms with van der Waals surface area (Å²) in [5.74, 6) is 1.50. The minimum absolute atomic E-state index is 0.00744. The molecule has 0 saturated heterocycles. The monoisotopic (exact) mass is 416 g/mol. The molecule has 0 fully saturated rings. The summed E-state index contributed by atoms with van der Waals surface area (Å²) in [5, 5.41) is 9.98. The second-order valence-corrected chi connectivity index (χ2v) is 6.61. The van der Waals surface area contributed by atoms with Crippen molar-refractivity contribution in [3.05, 3.63) is 53.6 Å². The number of benzene rings is 2. The van der Waals surface area contributed by atoms with E-state index < -0.39 is 17.8 Å². The van der Waals surface area contributed by atoms with Gasteiger partial charge in [0.05, 0.1) is 18.8 Å². The topological polar surface area (TPSA) is 72.8 Å². The van der Waals surface area contributed by atoms with Crippen molar-refractivity contribution in [2.45, 2.75) is 24.1 Å². The maximum atomic E-state index is 12.5. The molecule has 0 saturated carbocycles. The van der Waals surface area contributed by atoms with Crippen molar-refractivity contribution in [3.8, 4) is 11.5 Å². The van der Waals surface area contributed by atoms with Gasteiger partial charge in [-0.3, -0.25) is 0 Å². The average molecular weight is 416 g/mol. The highest BCUT2D eigenvalue weighted by atomic mass is 32.2. The standard InChI is InChI=1S/C18H19F3O3S.CO2/c1-12-9-16(7-8-17(12)23-2)25-11-14(22)10-24-15-5-3-13(4-6-15)18(19,20)21;2-1-3/h3-9,14,22H,10-11H2,1-2H3;/t14-;/m1./s1. The Morgan fingerprint density at radius 2 is 1.75 bits per heavy atom. The number of rotatable bonds is 7. The maximum Gasteiger partial charge on any atom is 0.416 e. The number of aliphatic hydroxyl groups excluding tert-OH is 1. The number of thioether (sulfide) groups is 1. The molecule has 0 spiro atoms. The third-order valence-corrected chi connectivity index (χ3v) is 4.57. The van der Waals surface area contributed by atoms with Crippen LogP contribution in [0.15, 0.2) is 47.4 Å². The summed E-state index contributed by atoms with van der Waals surface area (Å²) in [6.45, 7) is 1.94. The number of aliphatic hydroxyl groups is 1. The summed E-state index contributed by atoms with van der Waals surface area (Å²) in [7, 11) is 1.61. The predicted octanol–water partition coefficient (Wildman–Crippen LogP) is 3.97. The summed E-state index contributed by atoms with van der Waals surface area (Å²) in [6.07, 6.45) is -4.86. The molecule has 1 N–H and O–H groups in total. The Bertz CT molecular complexity index is 772. The molecule has 1 atom stereocenters. The Balaban J connectivity index is 0.00000122. The van der Waals surface area contributed by atoms with E-state index in [1.165, 1.54) is 23.9 Å². The highest BCUT2D eigenvalue weighted by molar-refractivity contribution is 7.99. The minimum Gasteiger partial charge on any atom is -0.496 e. The van der Waals surface area contributed by atoms with Gasteiger partial charge in [-0.25, -0.2) is 0 Å². The SMILES string of the molecule is COc1ccc(SC[C@H](O)COc2ccc(C(F)(F)F)cc2)cc1C.O=C=O. The van der Waals surface area contributed by atoms with Gasteiger partial charge in [0.2, 0.25) is 0 Å². The van der Waals surface area contributed by atoms with Crippen molar-refractivity contribution in [3.63, 3.8) is 0 Å². The van der Waals surface area contributed by atoms with Crippen LogP contribution in [0.2, 0.25) is 0 Å². The van der Waals surface area contributed by atoms with Crippen LogP contribution in [0.25, 0.3) is 0 Å². The van der Waals surface area contributed by atoms with Gasteiger partial charge >= 0.3 is 12.3 Å². The van der Waals surface area contributed by atoms with Gasteiger partial charge in [-0.2, -0.15) is 22.8 Å². The Labute approximate surface area is 164 Å². The predicted molar refractivity (Wildman–Crippen MR) is 96.4 cm³/mol. The molecule has 2 aromatic rings. The van der Waals surface area contributed by atoms with Crippen LogP contribution >= 0.6 is 11.8 Å². The van der Waals surface area contributed by atoms with E-state index in [2.05, 4.69) is 0 Å². The molecule has 0 aliphatic carbocycles. The average Bonchev–Trinajstić information content (AvgIpc) is 2.65. The quantitative estimate of drug-likeness (QED) is 0.689. The van der Waals surface area contributed by atoms with Crippen LogP contribution < -0.4 is 9.47 Å². The zero-order valence-corrected chi connectivity index (χ0v) is 16.0. The van der Waals surface area contributed by atoms with Crippen LogP contribution in [0, 0.1) is 6.92 Å². The van der Waals surface area contributed by atoms with E-state index in [1.54, 1.807) is 7.11 Å². The number of carbonyl (C=O) groups excluding carboxylic acids is 2. The molecule has 0 aliphatic rings. The molecule has 0 bridgehead atoms. The lowest BCUT2D eigenvalue weighted by atomic mass is 10.2. The first-order chi connectivity index (χ1) is 13.2. The first kappa shape index (κ1) is 23.6. The highest BCUT2D eigenvalue weighted by Gasteiger charge is 2.30. The third-order valence-electron chi connectivity index (χ3n) is 3.43. The fraction of sp³-hybridized carbons (Fsp3) is 0.316. The Hall–Kier alpha value is -2.48. The molecule has 152 valence electrons. The smallest absolute Gasteiger partial charge is 0.416 e. The van der Waals surface area contributed by atoms with Crippen molar-refractivity contribution >= 4 is 17.9 Å². The van der Waals surface area contributed by atoms with E-state index in [0.717, 1.165) is 28.3 Å². The molecule has 0 unspecified atom stereocenters. The van der Waals surface area contributed by atoms with E-state index in [1.807, 2.05) is 25.1 Å². The van der Waals surface area contributed by atoms with Crippen LogP contribution in [0.5, 0.6) is 11.5 Å². The molecule has 0 amide bonds. The number of methoxy groups -OCH3 is 1. The molecule has 28 heavy (non-hydrogen) atoms. The van der Waals surface area contributed by atoms with Crippen LogP contribution in [0.4, 0.5) is 13.2 Å². The Morgan fingerprint density at radius 1 is 1.14 bits per heavy atom. The number of alkyl halides is 3. The summed E-state index contributed by atoms with van der Waals surface area (Å²) in [6, 6.07) is 10.1. The number of hydrogen-bond donors (Lipinski definition) is 1. The lowest BCUT2D eigenvalue weighted by molar-refractivity contribution is -0.191. The second kappa shape index (κ2) is 11.4. The molecule has 5 nitrogen and oxygen atoms in total. The lowest BCUT2D eigenvalue weighted by Crippen LogP contribution is -2.20. The molecule has 9 heteroatoms. The van der Waals surface area contributed by atoms with E-state index in [-0.39, 0.29) is 18.5 Å². The summed E-state index contributed by atoms with van der Waals surface area (Å²) in [4.78, 5) is 17.2. The van der Waals surface area contributed by atoms with Gasteiger partial charge < -0.3 is 14.6 Å². The third kappa shape index (κ3) is 8.04.